The van der Waals surface area contributed by atoms with Crippen LogP contribution in [0.2, 0.25) is 0 Å². The van der Waals surface area contributed by atoms with Crippen molar-refractivity contribution in [3.05, 3.63) is 0 Å². The van der Waals surface area contributed by atoms with Crippen molar-refractivity contribution in [3.8, 4) is 0 Å². The average Bonchev–Trinajstić information content (AvgIpc) is 1.94. The van der Waals surface area contributed by atoms with Gasteiger partial charge in [-0.25, -0.2) is 0 Å². The van der Waals surface area contributed by atoms with E-state index >= 15 is 0 Å². The first-order chi connectivity index (χ1) is 8.66. The van der Waals surface area contributed by atoms with Crippen LogP contribution in [0.25, 0.3) is 0 Å². The molecule has 152 valence electrons. The summed E-state index contributed by atoms with van der Waals surface area (Å²) in [7, 11) is 0. The quantitative estimate of drug-likeness (QED) is 0.357. The molecule has 0 aromatic rings. The number of rotatable bonds is 0. The minimum absolute atomic E-state index is 0. The van der Waals surface area contributed by atoms with E-state index in [2.05, 4.69) is 0 Å². The topological polar surface area (TPSA) is 327 Å². The summed E-state index contributed by atoms with van der Waals surface area (Å²) in [5.41, 5.74) is 0. The first kappa shape index (κ1) is 66.2. The van der Waals surface area contributed by atoms with E-state index in [4.69, 9.17) is 49.5 Å². The van der Waals surface area contributed by atoms with Crippen molar-refractivity contribution < 1.29 is 90.0 Å². The minimum Gasteiger partial charge on any atom is -0.550 e. The fraction of sp³-hybridized carbons (Fsp3) is 0.500. The third-order valence-corrected chi connectivity index (χ3v) is 0. The summed E-state index contributed by atoms with van der Waals surface area (Å²) in [4.78, 5) is 44.4. The third-order valence-electron chi connectivity index (χ3n) is 0. The zero-order valence-electron chi connectivity index (χ0n) is 14.0. The molecule has 0 saturated carbocycles. The van der Waals surface area contributed by atoms with Crippen LogP contribution in [-0.4, -0.2) is 51.8 Å². The Morgan fingerprint density at radius 2 is 0.400 bits per heavy atom. The van der Waals surface area contributed by atoms with Gasteiger partial charge < -0.3 is 71.4 Å². The number of hydrogen-bond acceptors (Lipinski definition) is 10. The Balaban J connectivity index is -0.0000000134. The molecule has 25 heavy (non-hydrogen) atoms. The van der Waals surface area contributed by atoms with Crippen molar-refractivity contribution >= 4 is 29.8 Å². The van der Waals surface area contributed by atoms with Crippen LogP contribution in [-0.2, 0) is 42.5 Å². The molecule has 0 amide bonds. The van der Waals surface area contributed by atoms with E-state index in [1.165, 1.54) is 0 Å². The molecule has 0 aromatic carbocycles. The second kappa shape index (κ2) is 57.6. The minimum atomic E-state index is -1.08. The first-order valence-electron chi connectivity index (χ1n) is 4.54. The van der Waals surface area contributed by atoms with Gasteiger partial charge in [-0.2, -0.15) is 0 Å². The number of carboxylic acid groups (broad SMARTS) is 5. The summed E-state index contributed by atoms with van der Waals surface area (Å²) in [5, 5.41) is 44.4. The van der Waals surface area contributed by atoms with Gasteiger partial charge in [-0.15, -0.1) is 0 Å². The molecule has 0 fully saturated rings. The first-order valence-corrected chi connectivity index (χ1v) is 4.54. The summed E-state index contributed by atoms with van der Waals surface area (Å²) in [6, 6.07) is 0. The molecule has 0 unspecified atom stereocenters. The monoisotopic (exact) mass is 418 g/mol. The van der Waals surface area contributed by atoms with E-state index in [-0.39, 0.29) is 40.5 Å². The summed E-state index contributed by atoms with van der Waals surface area (Å²) in [6.45, 7) is 4.86. The average molecular weight is 418 g/mol. The van der Waals surface area contributed by atoms with Crippen molar-refractivity contribution in [3.63, 3.8) is 0 Å². The summed E-state index contributed by atoms with van der Waals surface area (Å²) < 4.78 is 0. The van der Waals surface area contributed by atoms with Crippen LogP contribution in [0.1, 0.15) is 34.6 Å². The van der Waals surface area contributed by atoms with Gasteiger partial charge in [-0.1, -0.05) is 0 Å². The van der Waals surface area contributed by atoms with Crippen LogP contribution in [0.5, 0.6) is 0 Å². The normalized spacial score (nSPS) is 5.00. The number of hydrogen-bond donors (Lipinski definition) is 0. The van der Waals surface area contributed by atoms with Crippen LogP contribution >= 0.6 is 0 Å². The summed E-state index contributed by atoms with van der Waals surface area (Å²) in [5.74, 6) is -5.42. The molecular formula is C10H23O14V. The molecule has 0 atom stereocenters. The van der Waals surface area contributed by atoms with Crippen LogP contribution in [0.15, 0.2) is 0 Å². The van der Waals surface area contributed by atoms with Gasteiger partial charge in [0.2, 0.25) is 0 Å². The molecule has 8 N–H and O–H groups in total. The van der Waals surface area contributed by atoms with E-state index in [1.54, 1.807) is 0 Å². The Labute approximate surface area is 155 Å². The Hall–Kier alpha value is -2.23. The standard InChI is InChI=1S/5C2H4O2.4H2O.V/c5*1-2(3)4;;;;;/h5*1H3,(H,3,4);4*1H2;/q;;;;;;;;;+5/p-5. The number of carboxylic acids is 5. The molecule has 0 aromatic heterocycles. The van der Waals surface area contributed by atoms with E-state index in [9.17, 15) is 0 Å². The summed E-state index contributed by atoms with van der Waals surface area (Å²) >= 11 is 0. The molecule has 0 aliphatic rings. The van der Waals surface area contributed by atoms with Gasteiger partial charge in [0.05, 0.1) is 0 Å². The van der Waals surface area contributed by atoms with Gasteiger partial charge in [0, 0.05) is 29.8 Å². The predicted octanol–water partition coefficient (Wildman–Crippen LogP) is -9.52. The van der Waals surface area contributed by atoms with Crippen LogP contribution in [0.4, 0.5) is 0 Å². The molecular weight excluding hydrogens is 395 g/mol. The molecule has 14 nitrogen and oxygen atoms in total. The van der Waals surface area contributed by atoms with E-state index < -0.39 is 29.8 Å². The van der Waals surface area contributed by atoms with Crippen LogP contribution in [0.3, 0.4) is 0 Å². The van der Waals surface area contributed by atoms with E-state index in [0.717, 1.165) is 34.6 Å². The van der Waals surface area contributed by atoms with Crippen molar-refractivity contribution in [2.24, 2.45) is 0 Å². The third kappa shape index (κ3) is 1720. The molecule has 15 heteroatoms. The number of aliphatic carboxylic acids is 5. The van der Waals surface area contributed by atoms with Gasteiger partial charge in [-0.05, 0) is 34.6 Å². The second-order valence-corrected chi connectivity index (χ2v) is 2.46. The van der Waals surface area contributed by atoms with Gasteiger partial charge in [0.15, 0.2) is 0 Å². The van der Waals surface area contributed by atoms with Crippen molar-refractivity contribution in [1.29, 1.82) is 0 Å². The van der Waals surface area contributed by atoms with Gasteiger partial charge in [-0.3, -0.25) is 0 Å². The molecule has 0 aliphatic heterocycles. The van der Waals surface area contributed by atoms with Crippen molar-refractivity contribution in [2.75, 3.05) is 0 Å². The molecule has 0 saturated heterocycles. The fourth-order valence-corrected chi connectivity index (χ4v) is 0. The van der Waals surface area contributed by atoms with E-state index in [1.807, 2.05) is 0 Å². The molecule has 0 heterocycles. The van der Waals surface area contributed by atoms with E-state index in [0.29, 0.717) is 0 Å². The Bertz CT molecular complexity index is 214. The largest absolute Gasteiger partial charge is 5.00 e. The van der Waals surface area contributed by atoms with Gasteiger partial charge in [0.25, 0.3) is 0 Å². The SMILES string of the molecule is CC(=O)[O-].CC(=O)[O-].CC(=O)[O-].CC(=O)[O-].CC(=O)[O-].O.O.O.O.[V+5]. The molecule has 0 aliphatic carbocycles. The maximum atomic E-state index is 8.89. The zero-order valence-corrected chi connectivity index (χ0v) is 15.4. The number of carbonyl (C=O) groups is 5. The molecule has 0 bridgehead atoms. The van der Waals surface area contributed by atoms with Crippen molar-refractivity contribution in [1.82, 2.24) is 0 Å². The molecule has 0 radical (unpaired) electrons. The van der Waals surface area contributed by atoms with Crippen LogP contribution in [0, 0.1) is 0 Å². The molecule has 0 spiro atoms. The van der Waals surface area contributed by atoms with Gasteiger partial charge in [0.1, 0.15) is 0 Å². The van der Waals surface area contributed by atoms with Gasteiger partial charge >= 0.3 is 18.6 Å². The molecule has 0 rings (SSSR count). The predicted molar refractivity (Wildman–Crippen MR) is 67.9 cm³/mol. The Morgan fingerprint density at radius 1 is 0.400 bits per heavy atom. The summed E-state index contributed by atoms with van der Waals surface area (Å²) in [6.07, 6.45) is 0. The zero-order chi connectivity index (χ0) is 17.9. The smallest absolute Gasteiger partial charge is 0.550 e. The maximum Gasteiger partial charge on any atom is 5.00 e. The second-order valence-electron chi connectivity index (χ2n) is 2.46. The Morgan fingerprint density at radius 3 is 0.400 bits per heavy atom. The fourth-order valence-electron chi connectivity index (χ4n) is 0. The maximum absolute atomic E-state index is 8.89. The Kier molecular flexibility index (Phi) is 152. The van der Waals surface area contributed by atoms with Crippen LogP contribution < -0.4 is 25.5 Å². The number of carbonyl (C=O) groups excluding carboxylic acids is 5. The van der Waals surface area contributed by atoms with Crippen molar-refractivity contribution in [2.45, 2.75) is 34.6 Å².